The number of primary amides is 1. The highest BCUT2D eigenvalue weighted by atomic mass is 127. The van der Waals surface area contributed by atoms with Gasteiger partial charge in [-0.25, -0.2) is 4.39 Å². The van der Waals surface area contributed by atoms with Crippen LogP contribution in [-0.2, 0) is 4.79 Å². The van der Waals surface area contributed by atoms with E-state index in [2.05, 4.69) is 20.5 Å². The minimum atomic E-state index is -0.367. The lowest BCUT2D eigenvalue weighted by Crippen LogP contribution is -2.44. The van der Waals surface area contributed by atoms with Crippen molar-refractivity contribution >= 4 is 35.8 Å². The van der Waals surface area contributed by atoms with Crippen molar-refractivity contribution in [3.63, 3.8) is 0 Å². The number of nitrogens with zero attached hydrogens (tertiary/aromatic N) is 2. The number of benzene rings is 1. The Balaban J connectivity index is 0.00000420. The van der Waals surface area contributed by atoms with E-state index >= 15 is 0 Å². The number of hydrogen-bond donors (Lipinski definition) is 3. The quantitative estimate of drug-likeness (QED) is 0.200. The molecule has 1 heterocycles. The van der Waals surface area contributed by atoms with E-state index in [4.69, 9.17) is 10.5 Å². The van der Waals surface area contributed by atoms with Crippen LogP contribution in [0.1, 0.15) is 26.2 Å². The maximum Gasteiger partial charge on any atom is 0.221 e. The highest BCUT2D eigenvalue weighted by Crippen LogP contribution is 2.17. The molecule has 0 aromatic heterocycles. The van der Waals surface area contributed by atoms with E-state index in [1.165, 1.54) is 6.07 Å². The fraction of sp³-hybridized carbons (Fsp3) is 0.600. The third-order valence-electron chi connectivity index (χ3n) is 4.80. The van der Waals surface area contributed by atoms with E-state index in [1.807, 2.05) is 6.92 Å². The van der Waals surface area contributed by atoms with E-state index in [0.29, 0.717) is 12.5 Å². The number of nitrogens with two attached hydrogens (primary N) is 1. The molecule has 7 nitrogen and oxygen atoms in total. The number of nitrogens with one attached hydrogen (secondary N) is 2. The highest BCUT2D eigenvalue weighted by molar-refractivity contribution is 14.0. The molecule has 1 aliphatic heterocycles. The Morgan fingerprint density at radius 3 is 2.86 bits per heavy atom. The van der Waals surface area contributed by atoms with E-state index in [0.717, 1.165) is 45.4 Å². The van der Waals surface area contributed by atoms with Crippen LogP contribution in [0.3, 0.4) is 0 Å². The summed E-state index contributed by atoms with van der Waals surface area (Å²) in [5, 5.41) is 6.45. The predicted octanol–water partition coefficient (Wildman–Crippen LogP) is 1.96. The molecule has 0 bridgehead atoms. The topological polar surface area (TPSA) is 92.0 Å². The molecule has 2 atom stereocenters. The van der Waals surface area contributed by atoms with Crippen LogP contribution in [-0.4, -0.2) is 62.6 Å². The number of hydrogen-bond acceptors (Lipinski definition) is 4. The second-order valence-electron chi connectivity index (χ2n) is 7.13. The van der Waals surface area contributed by atoms with Crippen molar-refractivity contribution < 1.29 is 13.9 Å². The largest absolute Gasteiger partial charge is 0.486 e. The Kier molecular flexibility index (Phi) is 11.9. The SMILES string of the molecule is CN=C(NCCCN1CCCC(C(N)=O)C1)NCC(C)Oc1ccccc1F.I. The first kappa shape index (κ1) is 25.4. The maximum atomic E-state index is 13.6. The number of ether oxygens (including phenoxy) is 1. The zero-order valence-electron chi connectivity index (χ0n) is 17.2. The number of guanidine groups is 1. The van der Waals surface area contributed by atoms with Gasteiger partial charge in [-0.1, -0.05) is 12.1 Å². The lowest BCUT2D eigenvalue weighted by Gasteiger charge is -2.31. The molecule has 4 N–H and O–H groups in total. The van der Waals surface area contributed by atoms with Crippen molar-refractivity contribution in [2.45, 2.75) is 32.3 Å². The molecule has 2 unspecified atom stereocenters. The van der Waals surface area contributed by atoms with E-state index in [9.17, 15) is 9.18 Å². The first-order valence-corrected chi connectivity index (χ1v) is 9.87. The molecule has 1 aromatic rings. The summed E-state index contributed by atoms with van der Waals surface area (Å²) in [5.74, 6) is 0.340. The Morgan fingerprint density at radius 2 is 2.17 bits per heavy atom. The van der Waals surface area contributed by atoms with Gasteiger partial charge in [0.25, 0.3) is 0 Å². The average molecular weight is 521 g/mol. The minimum Gasteiger partial charge on any atom is -0.486 e. The van der Waals surface area contributed by atoms with E-state index < -0.39 is 0 Å². The Bertz CT molecular complexity index is 662. The number of likely N-dealkylation sites (tertiary alicyclic amines) is 1. The van der Waals surface area contributed by atoms with Gasteiger partial charge in [-0.2, -0.15) is 0 Å². The zero-order chi connectivity index (χ0) is 20.4. The third kappa shape index (κ3) is 9.16. The molecule has 0 saturated carbocycles. The molecule has 9 heteroatoms. The van der Waals surface area contributed by atoms with Gasteiger partial charge in [0.15, 0.2) is 17.5 Å². The van der Waals surface area contributed by atoms with Crippen LogP contribution in [0.5, 0.6) is 5.75 Å². The van der Waals surface area contributed by atoms with Gasteiger partial charge in [-0.3, -0.25) is 9.79 Å². The van der Waals surface area contributed by atoms with Crippen LogP contribution in [0.15, 0.2) is 29.3 Å². The van der Waals surface area contributed by atoms with Crippen molar-refractivity contribution in [2.75, 3.05) is 39.8 Å². The van der Waals surface area contributed by atoms with Gasteiger partial charge < -0.3 is 26.0 Å². The summed E-state index contributed by atoms with van der Waals surface area (Å²) < 4.78 is 19.2. The van der Waals surface area contributed by atoms with Crippen LogP contribution in [0, 0.1) is 11.7 Å². The highest BCUT2D eigenvalue weighted by Gasteiger charge is 2.23. The summed E-state index contributed by atoms with van der Waals surface area (Å²) in [7, 11) is 1.71. The minimum absolute atomic E-state index is 0. The molecule has 29 heavy (non-hydrogen) atoms. The molecule has 0 aliphatic carbocycles. The van der Waals surface area contributed by atoms with Gasteiger partial charge in [0, 0.05) is 20.1 Å². The summed E-state index contributed by atoms with van der Waals surface area (Å²) in [4.78, 5) is 17.8. The van der Waals surface area contributed by atoms with Gasteiger partial charge in [0.05, 0.1) is 12.5 Å². The molecule has 1 saturated heterocycles. The number of para-hydroxylation sites is 1. The molecule has 1 amide bonds. The molecule has 2 rings (SSSR count). The molecule has 0 spiro atoms. The lowest BCUT2D eigenvalue weighted by atomic mass is 9.97. The first-order chi connectivity index (χ1) is 13.5. The molecular formula is C20H33FIN5O2. The van der Waals surface area contributed by atoms with Gasteiger partial charge in [-0.05, 0) is 51.4 Å². The Morgan fingerprint density at radius 1 is 1.41 bits per heavy atom. The van der Waals surface area contributed by atoms with E-state index in [-0.39, 0.29) is 53.5 Å². The molecule has 0 radical (unpaired) electrons. The number of carbonyl (C=O) groups excluding carboxylic acids is 1. The van der Waals surface area contributed by atoms with Crippen molar-refractivity contribution in [3.05, 3.63) is 30.1 Å². The Labute approximate surface area is 189 Å². The fourth-order valence-corrected chi connectivity index (χ4v) is 3.26. The van der Waals surface area contributed by atoms with E-state index in [1.54, 1.807) is 25.2 Å². The van der Waals surface area contributed by atoms with Crippen LogP contribution in [0.4, 0.5) is 4.39 Å². The van der Waals surface area contributed by atoms with Gasteiger partial charge in [0.2, 0.25) is 5.91 Å². The number of aliphatic imine (C=N–C) groups is 1. The van der Waals surface area contributed by atoms with Crippen molar-refractivity contribution in [1.29, 1.82) is 0 Å². The molecular weight excluding hydrogens is 488 g/mol. The van der Waals surface area contributed by atoms with Crippen LogP contribution >= 0.6 is 24.0 Å². The van der Waals surface area contributed by atoms with Gasteiger partial charge in [0.1, 0.15) is 6.10 Å². The normalized spacial score (nSPS) is 18.4. The van der Waals surface area contributed by atoms with Gasteiger partial charge >= 0.3 is 0 Å². The third-order valence-corrected chi connectivity index (χ3v) is 4.80. The molecule has 1 aromatic carbocycles. The van der Waals surface area contributed by atoms with Crippen LogP contribution in [0.2, 0.25) is 0 Å². The number of halogens is 2. The number of piperidine rings is 1. The molecule has 1 aliphatic rings. The summed E-state index contributed by atoms with van der Waals surface area (Å²) in [6, 6.07) is 6.37. The summed E-state index contributed by atoms with van der Waals surface area (Å²) in [6.45, 7) is 5.83. The molecule has 164 valence electrons. The second-order valence-corrected chi connectivity index (χ2v) is 7.13. The first-order valence-electron chi connectivity index (χ1n) is 9.87. The summed E-state index contributed by atoms with van der Waals surface area (Å²) in [6.07, 6.45) is 2.64. The van der Waals surface area contributed by atoms with Crippen molar-refractivity contribution in [3.8, 4) is 5.75 Å². The molecule has 1 fully saturated rings. The standard InChI is InChI=1S/C20H32FN5O2.HI/c1-15(28-18-9-4-3-8-17(18)21)13-25-20(23-2)24-10-6-12-26-11-5-7-16(14-26)19(22)27;/h3-4,8-9,15-16H,5-7,10-14H2,1-2H3,(H2,22,27)(H2,23,24,25);1H. The zero-order valence-corrected chi connectivity index (χ0v) is 19.5. The average Bonchev–Trinajstić information content (AvgIpc) is 2.69. The number of carbonyl (C=O) groups is 1. The van der Waals surface area contributed by atoms with Crippen molar-refractivity contribution in [2.24, 2.45) is 16.6 Å². The fourth-order valence-electron chi connectivity index (χ4n) is 3.26. The lowest BCUT2D eigenvalue weighted by molar-refractivity contribution is -0.123. The second kappa shape index (κ2) is 13.6. The number of rotatable bonds is 9. The van der Waals surface area contributed by atoms with Crippen LogP contribution < -0.4 is 21.1 Å². The number of amides is 1. The summed E-state index contributed by atoms with van der Waals surface area (Å²) >= 11 is 0. The predicted molar refractivity (Wildman–Crippen MR) is 124 cm³/mol. The van der Waals surface area contributed by atoms with Gasteiger partial charge in [-0.15, -0.1) is 24.0 Å². The van der Waals surface area contributed by atoms with Crippen molar-refractivity contribution in [1.82, 2.24) is 15.5 Å². The maximum absolute atomic E-state index is 13.6. The Hall–Kier alpha value is -1.62. The van der Waals surface area contributed by atoms with Crippen LogP contribution in [0.25, 0.3) is 0 Å². The summed E-state index contributed by atoms with van der Waals surface area (Å²) in [5.41, 5.74) is 5.42. The smallest absolute Gasteiger partial charge is 0.221 e. The monoisotopic (exact) mass is 521 g/mol.